The maximum absolute atomic E-state index is 14.7. The number of hydrogen-bond acceptors (Lipinski definition) is 2. The second-order valence-electron chi connectivity index (χ2n) is 7.39. The molecule has 1 aliphatic carbocycles. The first-order chi connectivity index (χ1) is 12.7. The Morgan fingerprint density at radius 2 is 2.00 bits per heavy atom. The van der Waals surface area contributed by atoms with Gasteiger partial charge in [0.25, 0.3) is 0 Å². The van der Waals surface area contributed by atoms with Crippen LogP contribution in [0.4, 0.5) is 4.39 Å². The SMILES string of the molecule is CCOc1cc2c(cc1/C(C)=C(F)/C=C/C(C)=C/C(=O)O)C=CCC2(C)C. The normalized spacial score (nSPS) is 16.9. The quantitative estimate of drug-likeness (QED) is 0.488. The molecule has 0 radical (unpaired) electrons. The van der Waals surface area contributed by atoms with Crippen LogP contribution in [0.15, 0.2) is 47.8 Å². The second-order valence-corrected chi connectivity index (χ2v) is 7.39. The molecule has 0 spiro atoms. The van der Waals surface area contributed by atoms with Gasteiger partial charge in [0, 0.05) is 11.6 Å². The Morgan fingerprint density at radius 1 is 1.30 bits per heavy atom. The molecule has 0 bridgehead atoms. The van der Waals surface area contributed by atoms with Crippen LogP contribution in [0.2, 0.25) is 0 Å². The molecule has 0 amide bonds. The summed E-state index contributed by atoms with van der Waals surface area (Å²) < 4.78 is 20.5. The van der Waals surface area contributed by atoms with Gasteiger partial charge >= 0.3 is 5.97 Å². The minimum atomic E-state index is -1.05. The summed E-state index contributed by atoms with van der Waals surface area (Å²) in [6.45, 7) is 10.1. The lowest BCUT2D eigenvalue weighted by Crippen LogP contribution is -2.20. The van der Waals surface area contributed by atoms with E-state index in [2.05, 4.69) is 26.0 Å². The van der Waals surface area contributed by atoms with Crippen LogP contribution in [0.5, 0.6) is 5.75 Å². The number of carboxylic acid groups (broad SMARTS) is 1. The Morgan fingerprint density at radius 3 is 2.63 bits per heavy atom. The summed E-state index contributed by atoms with van der Waals surface area (Å²) in [4.78, 5) is 10.7. The van der Waals surface area contributed by atoms with Gasteiger partial charge in [-0.05, 0) is 73.1 Å². The largest absolute Gasteiger partial charge is 0.493 e. The number of aliphatic carboxylic acids is 1. The Hall–Kier alpha value is -2.62. The highest BCUT2D eigenvalue weighted by Crippen LogP contribution is 2.41. The van der Waals surface area contributed by atoms with Crippen molar-refractivity contribution in [2.75, 3.05) is 6.61 Å². The standard InChI is InChI=1S/C23H27FO3/c1-6-27-21-14-19-17(8-7-11-23(19,4)5)13-18(21)16(3)20(24)10-9-15(2)12-22(25)26/h7-10,12-14H,6,11H2,1-5H3,(H,25,26)/b10-9+,15-12+,20-16-. The molecule has 1 aromatic rings. The molecule has 1 N–H and O–H groups in total. The van der Waals surface area contributed by atoms with Crippen LogP contribution in [0.3, 0.4) is 0 Å². The molecule has 144 valence electrons. The minimum Gasteiger partial charge on any atom is -0.493 e. The molecule has 0 heterocycles. The molecule has 0 unspecified atom stereocenters. The van der Waals surface area contributed by atoms with Crippen molar-refractivity contribution in [3.05, 3.63) is 64.5 Å². The van der Waals surface area contributed by atoms with Gasteiger partial charge < -0.3 is 9.84 Å². The predicted octanol–water partition coefficient (Wildman–Crippen LogP) is 6.07. The number of carbonyl (C=O) groups is 1. The van der Waals surface area contributed by atoms with Gasteiger partial charge in [-0.3, -0.25) is 0 Å². The number of halogens is 1. The topological polar surface area (TPSA) is 46.5 Å². The third-order valence-corrected chi connectivity index (χ3v) is 4.71. The molecule has 3 nitrogen and oxygen atoms in total. The van der Waals surface area contributed by atoms with Crippen molar-refractivity contribution in [1.82, 2.24) is 0 Å². The van der Waals surface area contributed by atoms with Gasteiger partial charge in [0.2, 0.25) is 0 Å². The Balaban J connectivity index is 2.52. The van der Waals surface area contributed by atoms with Crippen LogP contribution in [-0.2, 0) is 10.2 Å². The molecule has 4 heteroatoms. The van der Waals surface area contributed by atoms with Crippen LogP contribution in [-0.4, -0.2) is 17.7 Å². The van der Waals surface area contributed by atoms with Gasteiger partial charge in [-0.2, -0.15) is 0 Å². The molecule has 1 aliphatic rings. The second kappa shape index (κ2) is 8.38. The van der Waals surface area contributed by atoms with Gasteiger partial charge in [0.15, 0.2) is 0 Å². The van der Waals surface area contributed by atoms with Crippen LogP contribution >= 0.6 is 0 Å². The highest BCUT2D eigenvalue weighted by Gasteiger charge is 2.26. The summed E-state index contributed by atoms with van der Waals surface area (Å²) in [6.07, 6.45) is 8.94. The Kier molecular flexibility index (Phi) is 6.42. The van der Waals surface area contributed by atoms with Crippen molar-refractivity contribution < 1.29 is 19.0 Å². The molecule has 0 saturated carbocycles. The average Bonchev–Trinajstić information content (AvgIpc) is 2.58. The van der Waals surface area contributed by atoms with E-state index in [0.29, 0.717) is 29.1 Å². The first-order valence-corrected chi connectivity index (χ1v) is 9.09. The van der Waals surface area contributed by atoms with Crippen LogP contribution in [0.1, 0.15) is 57.7 Å². The lowest BCUT2D eigenvalue weighted by Gasteiger charge is -2.30. The molecule has 0 fully saturated rings. The van der Waals surface area contributed by atoms with E-state index in [9.17, 15) is 9.18 Å². The molecule has 0 atom stereocenters. The van der Waals surface area contributed by atoms with Crippen molar-refractivity contribution in [3.8, 4) is 5.75 Å². The number of hydrogen-bond donors (Lipinski definition) is 1. The molecular formula is C23H27FO3. The molecular weight excluding hydrogens is 343 g/mol. The number of rotatable bonds is 6. The number of benzene rings is 1. The van der Waals surface area contributed by atoms with Crippen LogP contribution < -0.4 is 4.74 Å². The first kappa shape index (κ1) is 20.7. The average molecular weight is 370 g/mol. The monoisotopic (exact) mass is 370 g/mol. The van der Waals surface area contributed by atoms with Crippen molar-refractivity contribution in [2.45, 2.75) is 46.5 Å². The zero-order valence-corrected chi connectivity index (χ0v) is 16.6. The highest BCUT2D eigenvalue weighted by atomic mass is 19.1. The van der Waals surface area contributed by atoms with Crippen molar-refractivity contribution in [2.24, 2.45) is 0 Å². The van der Waals surface area contributed by atoms with E-state index < -0.39 is 11.8 Å². The maximum Gasteiger partial charge on any atom is 0.328 e. The first-order valence-electron chi connectivity index (χ1n) is 9.09. The summed E-state index contributed by atoms with van der Waals surface area (Å²) in [6, 6.07) is 3.99. The van der Waals surface area contributed by atoms with Gasteiger partial charge in [0.05, 0.1) is 6.61 Å². The van der Waals surface area contributed by atoms with E-state index in [4.69, 9.17) is 9.84 Å². The van der Waals surface area contributed by atoms with Crippen LogP contribution in [0, 0.1) is 0 Å². The molecule has 27 heavy (non-hydrogen) atoms. The Labute approximate surface area is 160 Å². The molecule has 0 aliphatic heterocycles. The van der Waals surface area contributed by atoms with Crippen LogP contribution in [0.25, 0.3) is 11.6 Å². The third-order valence-electron chi connectivity index (χ3n) is 4.71. The number of allylic oxidation sites excluding steroid dienone is 6. The van der Waals surface area contributed by atoms with E-state index in [1.165, 1.54) is 17.7 Å². The number of ether oxygens (including phenoxy) is 1. The van der Waals surface area contributed by atoms with E-state index >= 15 is 0 Å². The Bertz CT molecular complexity index is 855. The van der Waals surface area contributed by atoms with Gasteiger partial charge in [0.1, 0.15) is 11.6 Å². The fourth-order valence-corrected chi connectivity index (χ4v) is 3.18. The number of carboxylic acids is 1. The minimum absolute atomic E-state index is 0.00324. The summed E-state index contributed by atoms with van der Waals surface area (Å²) in [7, 11) is 0. The maximum atomic E-state index is 14.7. The van der Waals surface area contributed by atoms with E-state index in [-0.39, 0.29) is 5.41 Å². The van der Waals surface area contributed by atoms with E-state index in [1.54, 1.807) is 13.8 Å². The highest BCUT2D eigenvalue weighted by molar-refractivity contribution is 5.81. The molecule has 2 rings (SSSR count). The van der Waals surface area contributed by atoms with E-state index in [1.807, 2.05) is 19.1 Å². The van der Waals surface area contributed by atoms with E-state index in [0.717, 1.165) is 18.1 Å². The van der Waals surface area contributed by atoms with Crippen molar-refractivity contribution in [3.63, 3.8) is 0 Å². The zero-order valence-electron chi connectivity index (χ0n) is 16.6. The summed E-state index contributed by atoms with van der Waals surface area (Å²) in [5, 5.41) is 8.75. The lowest BCUT2D eigenvalue weighted by molar-refractivity contribution is -0.131. The fourth-order valence-electron chi connectivity index (χ4n) is 3.18. The molecule has 0 saturated heterocycles. The number of fused-ring (bicyclic) bond motifs is 1. The van der Waals surface area contributed by atoms with Gasteiger partial charge in [-0.15, -0.1) is 0 Å². The molecule has 1 aromatic carbocycles. The summed E-state index contributed by atoms with van der Waals surface area (Å²) >= 11 is 0. The summed E-state index contributed by atoms with van der Waals surface area (Å²) in [5.41, 5.74) is 3.90. The molecule has 0 aromatic heterocycles. The summed E-state index contributed by atoms with van der Waals surface area (Å²) in [5.74, 6) is -0.812. The lowest BCUT2D eigenvalue weighted by atomic mass is 9.75. The zero-order chi connectivity index (χ0) is 20.2. The smallest absolute Gasteiger partial charge is 0.328 e. The van der Waals surface area contributed by atoms with Crippen molar-refractivity contribution >= 4 is 17.6 Å². The fraction of sp³-hybridized carbons (Fsp3) is 0.348. The van der Waals surface area contributed by atoms with Crippen molar-refractivity contribution in [1.29, 1.82) is 0 Å². The van der Waals surface area contributed by atoms with Gasteiger partial charge in [-0.1, -0.05) is 32.1 Å². The van der Waals surface area contributed by atoms with Gasteiger partial charge in [-0.25, -0.2) is 9.18 Å². The third kappa shape index (κ3) is 4.97. The predicted molar refractivity (Wildman–Crippen MR) is 109 cm³/mol.